The maximum atomic E-state index is 9.85. The highest BCUT2D eigenvalue weighted by Gasteiger charge is 2.14. The molecule has 1 N–H and O–H groups in total. The van der Waals surface area contributed by atoms with Gasteiger partial charge in [-0.3, -0.25) is 0 Å². The van der Waals surface area contributed by atoms with Crippen molar-refractivity contribution in [1.29, 1.82) is 0 Å². The number of nitrogens with zero attached hydrogens (tertiary/aromatic N) is 2. The SMILES string of the molecule is C=C(/C=C\C=C/C)COc1cccc(Cl)c1/C(C)=N/C(=N\C(=C)O)c1ccc(C#CC2CCCCC2)cc1. The molecular weight excluding hydrogens is 492 g/mol. The molecule has 1 saturated carbocycles. The Morgan fingerprint density at radius 2 is 1.82 bits per heavy atom. The van der Waals surface area contributed by atoms with Gasteiger partial charge in [-0.05, 0) is 75.2 Å². The van der Waals surface area contributed by atoms with Crippen molar-refractivity contribution in [3.8, 4) is 17.6 Å². The van der Waals surface area contributed by atoms with E-state index in [1.807, 2.05) is 74.5 Å². The van der Waals surface area contributed by atoms with E-state index in [0.717, 1.165) is 16.7 Å². The Morgan fingerprint density at radius 3 is 2.50 bits per heavy atom. The highest BCUT2D eigenvalue weighted by molar-refractivity contribution is 6.35. The Balaban J connectivity index is 1.85. The molecule has 0 amide bonds. The van der Waals surface area contributed by atoms with Gasteiger partial charge in [-0.15, -0.1) is 0 Å². The quantitative estimate of drug-likeness (QED) is 0.123. The minimum Gasteiger partial charge on any atom is -0.494 e. The summed E-state index contributed by atoms with van der Waals surface area (Å²) in [4.78, 5) is 8.89. The van der Waals surface area contributed by atoms with E-state index in [1.165, 1.54) is 32.1 Å². The van der Waals surface area contributed by atoms with Crippen molar-refractivity contribution < 1.29 is 9.84 Å². The van der Waals surface area contributed by atoms with Crippen molar-refractivity contribution in [2.24, 2.45) is 15.9 Å². The summed E-state index contributed by atoms with van der Waals surface area (Å²) in [5, 5.41) is 10.3. The lowest BCUT2D eigenvalue weighted by atomic mass is 9.89. The van der Waals surface area contributed by atoms with Gasteiger partial charge >= 0.3 is 0 Å². The lowest BCUT2D eigenvalue weighted by Gasteiger charge is -2.15. The summed E-state index contributed by atoms with van der Waals surface area (Å²) in [6.45, 7) is 11.6. The van der Waals surface area contributed by atoms with E-state index in [-0.39, 0.29) is 5.88 Å². The summed E-state index contributed by atoms with van der Waals surface area (Å²) in [7, 11) is 0. The van der Waals surface area contributed by atoms with Crippen LogP contribution in [0.5, 0.6) is 5.75 Å². The molecule has 0 bridgehead atoms. The number of allylic oxidation sites excluding steroid dienone is 3. The molecule has 1 aliphatic carbocycles. The maximum absolute atomic E-state index is 9.85. The third kappa shape index (κ3) is 8.94. The van der Waals surface area contributed by atoms with Crippen LogP contribution in [0.2, 0.25) is 5.02 Å². The number of rotatable bonds is 8. The molecule has 0 spiro atoms. The number of aliphatic hydroxyl groups excluding tert-OH is 1. The van der Waals surface area contributed by atoms with Crippen molar-refractivity contribution in [3.63, 3.8) is 0 Å². The molecule has 1 aliphatic rings. The fraction of sp³-hybridized carbons (Fsp3) is 0.273. The zero-order valence-corrected chi connectivity index (χ0v) is 23.0. The van der Waals surface area contributed by atoms with Crippen LogP contribution in [0, 0.1) is 17.8 Å². The van der Waals surface area contributed by atoms with Crippen LogP contribution in [0.15, 0.2) is 101 Å². The van der Waals surface area contributed by atoms with E-state index >= 15 is 0 Å². The normalized spacial score (nSPS) is 14.9. The zero-order chi connectivity index (χ0) is 27.3. The Morgan fingerprint density at radius 1 is 1.08 bits per heavy atom. The van der Waals surface area contributed by atoms with Gasteiger partial charge in [-0.2, -0.15) is 4.99 Å². The number of halogens is 1. The summed E-state index contributed by atoms with van der Waals surface area (Å²) >= 11 is 6.57. The summed E-state index contributed by atoms with van der Waals surface area (Å²) in [6, 6.07) is 13.1. The summed E-state index contributed by atoms with van der Waals surface area (Å²) in [5.41, 5.74) is 3.70. The number of benzene rings is 2. The first-order chi connectivity index (χ1) is 18.4. The van der Waals surface area contributed by atoms with Gasteiger partial charge in [-0.25, -0.2) is 4.99 Å². The van der Waals surface area contributed by atoms with E-state index in [1.54, 1.807) is 6.07 Å². The average molecular weight is 527 g/mol. The minimum atomic E-state index is -0.336. The Labute approximate surface area is 231 Å². The van der Waals surface area contributed by atoms with E-state index in [2.05, 4.69) is 30.0 Å². The van der Waals surface area contributed by atoms with Gasteiger partial charge in [0.25, 0.3) is 0 Å². The van der Waals surface area contributed by atoms with Crippen molar-refractivity contribution in [2.75, 3.05) is 6.61 Å². The predicted octanol–water partition coefficient (Wildman–Crippen LogP) is 8.62. The van der Waals surface area contributed by atoms with Gasteiger partial charge in [-0.1, -0.05) is 79.7 Å². The van der Waals surface area contributed by atoms with Crippen LogP contribution in [-0.2, 0) is 0 Å². The number of aliphatic hydroxyl groups is 1. The van der Waals surface area contributed by atoms with Crippen molar-refractivity contribution in [3.05, 3.63) is 113 Å². The number of hydrogen-bond donors (Lipinski definition) is 1. The fourth-order valence-corrected chi connectivity index (χ4v) is 4.43. The summed E-state index contributed by atoms with van der Waals surface area (Å²) in [5.74, 6) is 7.75. The molecule has 38 heavy (non-hydrogen) atoms. The molecule has 1 fully saturated rings. The zero-order valence-electron chi connectivity index (χ0n) is 22.2. The Kier molecular flexibility index (Phi) is 11.2. The van der Waals surface area contributed by atoms with Gasteiger partial charge < -0.3 is 9.84 Å². The van der Waals surface area contributed by atoms with Crippen molar-refractivity contribution in [2.45, 2.75) is 46.0 Å². The molecule has 0 unspecified atom stereocenters. The van der Waals surface area contributed by atoms with E-state index < -0.39 is 0 Å². The molecule has 2 aromatic rings. The van der Waals surface area contributed by atoms with E-state index in [0.29, 0.717) is 40.4 Å². The van der Waals surface area contributed by atoms with Gasteiger partial charge in [0.15, 0.2) is 5.84 Å². The summed E-state index contributed by atoms with van der Waals surface area (Å²) in [6.07, 6.45) is 13.9. The molecule has 196 valence electrons. The topological polar surface area (TPSA) is 54.2 Å². The van der Waals surface area contributed by atoms with Crippen LogP contribution < -0.4 is 4.74 Å². The Hall–Kier alpha value is -3.81. The minimum absolute atomic E-state index is 0.298. The summed E-state index contributed by atoms with van der Waals surface area (Å²) < 4.78 is 6.03. The molecule has 0 aromatic heterocycles. The lowest BCUT2D eigenvalue weighted by molar-refractivity contribution is 0.355. The number of aliphatic imine (C=N–C) groups is 2. The molecule has 4 nitrogen and oxygen atoms in total. The third-order valence-corrected chi connectivity index (χ3v) is 6.38. The first-order valence-corrected chi connectivity index (χ1v) is 13.3. The third-order valence-electron chi connectivity index (χ3n) is 6.06. The molecule has 0 heterocycles. The highest BCUT2D eigenvalue weighted by Crippen LogP contribution is 2.28. The molecule has 0 radical (unpaired) electrons. The predicted molar refractivity (Wildman–Crippen MR) is 160 cm³/mol. The molecule has 0 atom stereocenters. The maximum Gasteiger partial charge on any atom is 0.205 e. The number of amidine groups is 1. The van der Waals surface area contributed by atoms with E-state index in [9.17, 15) is 5.11 Å². The van der Waals surface area contributed by atoms with E-state index in [4.69, 9.17) is 21.3 Å². The van der Waals surface area contributed by atoms with Gasteiger partial charge in [0, 0.05) is 17.0 Å². The molecular formula is C33H35ClN2O2. The second-order valence-corrected chi connectivity index (χ2v) is 9.58. The van der Waals surface area contributed by atoms with Crippen molar-refractivity contribution in [1.82, 2.24) is 0 Å². The standard InChI is InChI=1S/C33H35ClN2O2/c1-5-6-8-12-24(2)23-38-31-16-11-15-30(34)32(31)25(3)35-33(36-26(4)37)29-21-19-28(20-22-29)18-17-27-13-9-7-10-14-27/h5-6,8,11-12,15-16,19-22,27,37H,2,4,7,9-10,13-14,23H2,1,3H3/b6-5-,12-8-,35-25+,36-33-. The van der Waals surface area contributed by atoms with Crippen molar-refractivity contribution >= 4 is 23.1 Å². The van der Waals surface area contributed by atoms with Crippen LogP contribution in [0.3, 0.4) is 0 Å². The average Bonchev–Trinajstić information content (AvgIpc) is 2.91. The van der Waals surface area contributed by atoms with Crippen LogP contribution in [0.25, 0.3) is 0 Å². The first kappa shape index (κ1) is 28.8. The van der Waals surface area contributed by atoms with Gasteiger partial charge in [0.05, 0.1) is 16.3 Å². The largest absolute Gasteiger partial charge is 0.494 e. The van der Waals surface area contributed by atoms with Gasteiger partial charge in [0.2, 0.25) is 5.88 Å². The highest BCUT2D eigenvalue weighted by atomic mass is 35.5. The smallest absolute Gasteiger partial charge is 0.205 e. The fourth-order valence-electron chi connectivity index (χ4n) is 4.12. The lowest BCUT2D eigenvalue weighted by Crippen LogP contribution is -2.08. The number of ether oxygens (including phenoxy) is 1. The van der Waals surface area contributed by atoms with Crippen LogP contribution in [0.4, 0.5) is 0 Å². The molecule has 2 aromatic carbocycles. The molecule has 0 saturated heterocycles. The molecule has 5 heteroatoms. The number of hydrogen-bond acceptors (Lipinski definition) is 3. The monoisotopic (exact) mass is 526 g/mol. The van der Waals surface area contributed by atoms with Crippen LogP contribution >= 0.6 is 11.6 Å². The molecule has 0 aliphatic heterocycles. The van der Waals surface area contributed by atoms with Crippen LogP contribution in [-0.4, -0.2) is 23.3 Å². The van der Waals surface area contributed by atoms with Gasteiger partial charge in [0.1, 0.15) is 12.4 Å². The van der Waals surface area contributed by atoms with Crippen LogP contribution in [0.1, 0.15) is 62.6 Å². The molecule has 3 rings (SSSR count). The second-order valence-electron chi connectivity index (χ2n) is 9.18. The first-order valence-electron chi connectivity index (χ1n) is 12.9. The second kappa shape index (κ2) is 14.8. The Bertz CT molecular complexity index is 1310.